The van der Waals surface area contributed by atoms with Crippen molar-refractivity contribution in [1.82, 2.24) is 9.29 Å². The standard InChI is InChI=1S/C13H13FN2O2S/c1-16(10-11-4-2-5-12(14)8-11)19(17,18)13-6-3-7-15-9-13/h2-9H,10H2,1H3. The Hall–Kier alpha value is -1.79. The summed E-state index contributed by atoms with van der Waals surface area (Å²) in [6, 6.07) is 8.90. The number of halogens is 1. The predicted molar refractivity (Wildman–Crippen MR) is 69.3 cm³/mol. The van der Waals surface area contributed by atoms with Gasteiger partial charge in [0.05, 0.1) is 0 Å². The lowest BCUT2D eigenvalue weighted by Crippen LogP contribution is -2.26. The van der Waals surface area contributed by atoms with E-state index in [2.05, 4.69) is 4.98 Å². The minimum Gasteiger partial charge on any atom is -0.263 e. The highest BCUT2D eigenvalue weighted by Gasteiger charge is 2.20. The Kier molecular flexibility index (Phi) is 3.92. The molecule has 0 amide bonds. The second kappa shape index (κ2) is 5.46. The fraction of sp³-hybridized carbons (Fsp3) is 0.154. The molecule has 0 saturated heterocycles. The zero-order chi connectivity index (χ0) is 13.9. The molecule has 1 heterocycles. The molecular weight excluding hydrogens is 267 g/mol. The van der Waals surface area contributed by atoms with Gasteiger partial charge in [0.1, 0.15) is 10.7 Å². The molecule has 2 rings (SSSR count). The molecule has 0 aliphatic heterocycles. The van der Waals surface area contributed by atoms with E-state index in [0.29, 0.717) is 5.56 Å². The van der Waals surface area contributed by atoms with Gasteiger partial charge in [-0.1, -0.05) is 12.1 Å². The molecule has 100 valence electrons. The maximum Gasteiger partial charge on any atom is 0.244 e. The topological polar surface area (TPSA) is 50.3 Å². The van der Waals surface area contributed by atoms with E-state index >= 15 is 0 Å². The van der Waals surface area contributed by atoms with Gasteiger partial charge in [0.15, 0.2) is 0 Å². The van der Waals surface area contributed by atoms with Gasteiger partial charge in [-0.25, -0.2) is 12.8 Å². The van der Waals surface area contributed by atoms with Gasteiger partial charge in [0.2, 0.25) is 10.0 Å². The largest absolute Gasteiger partial charge is 0.263 e. The fourth-order valence-electron chi connectivity index (χ4n) is 1.66. The van der Waals surface area contributed by atoms with Gasteiger partial charge >= 0.3 is 0 Å². The molecular formula is C13H13FN2O2S. The summed E-state index contributed by atoms with van der Waals surface area (Å²) in [6.45, 7) is 0.106. The molecule has 19 heavy (non-hydrogen) atoms. The highest BCUT2D eigenvalue weighted by molar-refractivity contribution is 7.89. The summed E-state index contributed by atoms with van der Waals surface area (Å²) in [5.74, 6) is -0.385. The average molecular weight is 280 g/mol. The molecule has 1 aromatic carbocycles. The van der Waals surface area contributed by atoms with E-state index < -0.39 is 10.0 Å². The summed E-state index contributed by atoms with van der Waals surface area (Å²) < 4.78 is 38.7. The molecule has 0 aliphatic rings. The van der Waals surface area contributed by atoms with Crippen molar-refractivity contribution in [2.45, 2.75) is 11.4 Å². The first-order chi connectivity index (χ1) is 9.00. The second-order valence-electron chi connectivity index (χ2n) is 4.08. The van der Waals surface area contributed by atoms with Crippen LogP contribution in [0.2, 0.25) is 0 Å². The van der Waals surface area contributed by atoms with Gasteiger partial charge in [-0.2, -0.15) is 4.31 Å². The van der Waals surface area contributed by atoms with E-state index in [1.807, 2.05) is 0 Å². The van der Waals surface area contributed by atoms with Crippen molar-refractivity contribution in [3.8, 4) is 0 Å². The zero-order valence-corrected chi connectivity index (χ0v) is 11.1. The minimum atomic E-state index is -3.60. The molecule has 0 spiro atoms. The van der Waals surface area contributed by atoms with Crippen molar-refractivity contribution in [3.05, 3.63) is 60.2 Å². The molecule has 4 nitrogen and oxygen atoms in total. The van der Waals surface area contributed by atoms with E-state index in [1.54, 1.807) is 18.2 Å². The monoisotopic (exact) mass is 280 g/mol. The highest BCUT2D eigenvalue weighted by atomic mass is 32.2. The first-order valence-corrected chi connectivity index (χ1v) is 7.05. The number of nitrogens with zero attached hydrogens (tertiary/aromatic N) is 2. The molecule has 0 aliphatic carbocycles. The van der Waals surface area contributed by atoms with Crippen molar-refractivity contribution in [2.75, 3.05) is 7.05 Å². The summed E-state index contributed by atoms with van der Waals surface area (Å²) in [5, 5.41) is 0. The Morgan fingerprint density at radius 1 is 1.26 bits per heavy atom. The molecule has 2 aromatic rings. The Bertz CT molecular complexity index is 659. The maximum atomic E-state index is 13.1. The average Bonchev–Trinajstić information content (AvgIpc) is 2.39. The SMILES string of the molecule is CN(Cc1cccc(F)c1)S(=O)(=O)c1cccnc1. The van der Waals surface area contributed by atoms with E-state index in [0.717, 1.165) is 0 Å². The van der Waals surface area contributed by atoms with Gasteiger partial charge in [-0.15, -0.1) is 0 Å². The lowest BCUT2D eigenvalue weighted by Gasteiger charge is -2.17. The lowest BCUT2D eigenvalue weighted by atomic mass is 10.2. The number of hydrogen-bond acceptors (Lipinski definition) is 3. The van der Waals surface area contributed by atoms with Crippen molar-refractivity contribution in [3.63, 3.8) is 0 Å². The van der Waals surface area contributed by atoms with Crippen LogP contribution in [0.5, 0.6) is 0 Å². The Morgan fingerprint density at radius 2 is 2.05 bits per heavy atom. The quantitative estimate of drug-likeness (QED) is 0.861. The van der Waals surface area contributed by atoms with Crippen LogP contribution in [-0.4, -0.2) is 24.8 Å². The van der Waals surface area contributed by atoms with Gasteiger partial charge in [-0.05, 0) is 29.8 Å². The van der Waals surface area contributed by atoms with E-state index in [4.69, 9.17) is 0 Å². The number of pyridine rings is 1. The van der Waals surface area contributed by atoms with Gasteiger partial charge in [-0.3, -0.25) is 4.98 Å². The third-order valence-electron chi connectivity index (χ3n) is 2.64. The van der Waals surface area contributed by atoms with E-state index in [-0.39, 0.29) is 17.3 Å². The van der Waals surface area contributed by atoms with Crippen molar-refractivity contribution >= 4 is 10.0 Å². The smallest absolute Gasteiger partial charge is 0.244 e. The Labute approximate surface area is 111 Å². The summed E-state index contributed by atoms with van der Waals surface area (Å²) >= 11 is 0. The zero-order valence-electron chi connectivity index (χ0n) is 10.3. The fourth-order valence-corrected chi connectivity index (χ4v) is 2.78. The van der Waals surface area contributed by atoms with Crippen LogP contribution in [0.1, 0.15) is 5.56 Å². The van der Waals surface area contributed by atoms with Crippen LogP contribution in [-0.2, 0) is 16.6 Å². The molecule has 0 fully saturated rings. The Balaban J connectivity index is 2.23. The molecule has 0 bridgehead atoms. The number of hydrogen-bond donors (Lipinski definition) is 0. The molecule has 0 saturated carbocycles. The van der Waals surface area contributed by atoms with Crippen LogP contribution >= 0.6 is 0 Å². The van der Waals surface area contributed by atoms with Crippen LogP contribution in [0.3, 0.4) is 0 Å². The summed E-state index contributed by atoms with van der Waals surface area (Å²) in [4.78, 5) is 3.91. The van der Waals surface area contributed by atoms with Crippen LogP contribution in [0.25, 0.3) is 0 Å². The summed E-state index contributed by atoms with van der Waals surface area (Å²) in [7, 11) is -2.15. The minimum absolute atomic E-state index is 0.106. The van der Waals surface area contributed by atoms with Crippen molar-refractivity contribution < 1.29 is 12.8 Å². The highest BCUT2D eigenvalue weighted by Crippen LogP contribution is 2.15. The number of rotatable bonds is 4. The maximum absolute atomic E-state index is 13.1. The van der Waals surface area contributed by atoms with Gasteiger partial charge in [0, 0.05) is 26.0 Å². The number of benzene rings is 1. The molecule has 6 heteroatoms. The van der Waals surface area contributed by atoms with Crippen molar-refractivity contribution in [1.29, 1.82) is 0 Å². The first-order valence-electron chi connectivity index (χ1n) is 5.61. The predicted octanol–water partition coefficient (Wildman–Crippen LogP) is 2.04. The third-order valence-corrected chi connectivity index (χ3v) is 4.42. The summed E-state index contributed by atoms with van der Waals surface area (Å²) in [6.07, 6.45) is 2.79. The van der Waals surface area contributed by atoms with Gasteiger partial charge in [0.25, 0.3) is 0 Å². The van der Waals surface area contributed by atoms with E-state index in [1.165, 1.54) is 41.9 Å². The first kappa shape index (κ1) is 13.6. The molecule has 0 N–H and O–H groups in total. The number of sulfonamides is 1. The second-order valence-corrected chi connectivity index (χ2v) is 6.12. The van der Waals surface area contributed by atoms with Crippen LogP contribution in [0.4, 0.5) is 4.39 Å². The molecule has 0 unspecified atom stereocenters. The van der Waals surface area contributed by atoms with Crippen LogP contribution in [0.15, 0.2) is 53.7 Å². The number of aromatic nitrogens is 1. The molecule has 1 aromatic heterocycles. The molecule has 0 radical (unpaired) electrons. The summed E-state index contributed by atoms with van der Waals surface area (Å²) in [5.41, 5.74) is 0.593. The lowest BCUT2D eigenvalue weighted by molar-refractivity contribution is 0.465. The Morgan fingerprint density at radius 3 is 2.68 bits per heavy atom. The third kappa shape index (κ3) is 3.15. The van der Waals surface area contributed by atoms with Gasteiger partial charge < -0.3 is 0 Å². The van der Waals surface area contributed by atoms with E-state index in [9.17, 15) is 12.8 Å². The van der Waals surface area contributed by atoms with Crippen LogP contribution < -0.4 is 0 Å². The molecule has 0 atom stereocenters. The van der Waals surface area contributed by atoms with Crippen LogP contribution in [0, 0.1) is 5.82 Å². The normalized spacial score (nSPS) is 11.7. The van der Waals surface area contributed by atoms with Crippen molar-refractivity contribution in [2.24, 2.45) is 0 Å².